The van der Waals surface area contributed by atoms with Crippen LogP contribution < -0.4 is 0 Å². The zero-order valence-corrected chi connectivity index (χ0v) is 19.0. The van der Waals surface area contributed by atoms with E-state index in [1.807, 2.05) is 6.92 Å². The van der Waals surface area contributed by atoms with Crippen LogP contribution in [-0.2, 0) is 23.7 Å². The van der Waals surface area contributed by atoms with Gasteiger partial charge in [-0.05, 0) is 37.7 Å². The van der Waals surface area contributed by atoms with Gasteiger partial charge in [-0.3, -0.25) is 4.79 Å². The molecule has 5 aliphatic rings. The average Bonchev–Trinajstić information content (AvgIpc) is 3.31. The fourth-order valence-corrected chi connectivity index (χ4v) is 7.57. The van der Waals surface area contributed by atoms with Crippen LogP contribution in [0.4, 0.5) is 0 Å². The van der Waals surface area contributed by atoms with E-state index in [0.717, 1.165) is 32.1 Å². The van der Waals surface area contributed by atoms with E-state index < -0.39 is 16.8 Å². The lowest BCUT2D eigenvalue weighted by molar-refractivity contribution is -0.197. The molecule has 0 aromatic rings. The van der Waals surface area contributed by atoms with Crippen LogP contribution in [0.2, 0.25) is 0 Å². The highest BCUT2D eigenvalue weighted by atomic mass is 16.7. The van der Waals surface area contributed by atoms with E-state index in [-0.39, 0.29) is 29.3 Å². The Bertz CT molecular complexity index is 798. The van der Waals surface area contributed by atoms with Crippen LogP contribution in [0.25, 0.3) is 0 Å². The van der Waals surface area contributed by atoms with Crippen molar-refractivity contribution < 1.29 is 28.8 Å². The molecule has 6 atom stereocenters. The maximum atomic E-state index is 13.3. The molecule has 2 saturated heterocycles. The normalized spacial score (nSPS) is 45.4. The third-order valence-electron chi connectivity index (χ3n) is 9.01. The highest BCUT2D eigenvalue weighted by molar-refractivity contribution is 5.82. The summed E-state index contributed by atoms with van der Waals surface area (Å²) >= 11 is 0. The largest absolute Gasteiger partial charge is 0.502 e. The van der Waals surface area contributed by atoms with Gasteiger partial charge in [0.2, 0.25) is 0 Å². The molecule has 2 saturated carbocycles. The minimum Gasteiger partial charge on any atom is -0.502 e. The number of ether oxygens (including phenoxy) is 4. The molecule has 31 heavy (non-hydrogen) atoms. The number of hydrogen-bond acceptors (Lipinski definition) is 6. The minimum atomic E-state index is -1.28. The number of hydrogen-bond donors (Lipinski definition) is 1. The zero-order chi connectivity index (χ0) is 21.9. The second-order valence-electron chi connectivity index (χ2n) is 10.4. The standard InChI is InChI=1S/C25H36O6/c1-4-8-23-16-19(31-21(23)26)20-18(25(23,27)11-12-28-5-2)7-6-17-15-24(29-13-14-30-24)10-9-22(17,20)3/h6,11-12,18-20,27H,4-5,7-10,13-16H2,1-3H3/b12-11+/t18-,19-,20+,22-,23-,25-/m0/s1. The van der Waals surface area contributed by atoms with E-state index in [2.05, 4.69) is 19.9 Å². The van der Waals surface area contributed by atoms with E-state index in [1.165, 1.54) is 5.57 Å². The van der Waals surface area contributed by atoms with Gasteiger partial charge in [0.05, 0.1) is 26.1 Å². The second kappa shape index (κ2) is 7.32. The summed E-state index contributed by atoms with van der Waals surface area (Å²) in [4.78, 5) is 13.3. The zero-order valence-electron chi connectivity index (χ0n) is 19.0. The molecule has 6 heteroatoms. The van der Waals surface area contributed by atoms with Gasteiger partial charge in [0.1, 0.15) is 17.1 Å². The highest BCUT2D eigenvalue weighted by Gasteiger charge is 2.73. The van der Waals surface area contributed by atoms with Gasteiger partial charge in [0, 0.05) is 31.1 Å². The van der Waals surface area contributed by atoms with E-state index >= 15 is 0 Å². The van der Waals surface area contributed by atoms with Crippen molar-refractivity contribution >= 4 is 5.97 Å². The molecule has 2 heterocycles. The molecule has 0 aromatic heterocycles. The lowest BCUT2D eigenvalue weighted by Gasteiger charge is -2.60. The molecule has 1 N–H and O–H groups in total. The van der Waals surface area contributed by atoms with Gasteiger partial charge in [-0.1, -0.05) is 31.9 Å². The lowest BCUT2D eigenvalue weighted by atomic mass is 9.45. The minimum absolute atomic E-state index is 0.0685. The van der Waals surface area contributed by atoms with Crippen molar-refractivity contribution in [3.8, 4) is 0 Å². The van der Waals surface area contributed by atoms with Crippen LogP contribution in [0.3, 0.4) is 0 Å². The van der Waals surface area contributed by atoms with Crippen molar-refractivity contribution in [2.24, 2.45) is 22.7 Å². The summed E-state index contributed by atoms with van der Waals surface area (Å²) in [5.74, 6) is -0.749. The molecule has 4 fully saturated rings. The Hall–Kier alpha value is -1.37. The summed E-state index contributed by atoms with van der Waals surface area (Å²) in [5.41, 5.74) is -0.988. The Labute approximate surface area is 184 Å². The summed E-state index contributed by atoms with van der Waals surface area (Å²) in [6.07, 6.45) is 10.7. The first-order valence-corrected chi connectivity index (χ1v) is 12.0. The number of esters is 1. The summed E-state index contributed by atoms with van der Waals surface area (Å²) in [7, 11) is 0. The second-order valence-corrected chi connectivity index (χ2v) is 10.4. The maximum absolute atomic E-state index is 13.3. The Morgan fingerprint density at radius 2 is 2.03 bits per heavy atom. The van der Waals surface area contributed by atoms with Crippen molar-refractivity contribution in [3.05, 3.63) is 24.0 Å². The number of aliphatic hydroxyl groups is 1. The van der Waals surface area contributed by atoms with Crippen LogP contribution in [0.5, 0.6) is 0 Å². The molecule has 2 aliphatic heterocycles. The van der Waals surface area contributed by atoms with Crippen LogP contribution in [0.1, 0.15) is 65.7 Å². The molecule has 6 nitrogen and oxygen atoms in total. The average molecular weight is 433 g/mol. The van der Waals surface area contributed by atoms with Gasteiger partial charge in [0.15, 0.2) is 5.79 Å². The first kappa shape index (κ1) is 21.5. The SMILES string of the molecule is CCC[C@]12C[C@H](OC1=O)[C@H]1[C@H](CC=C3CC4(CC[C@@]31C)OCCO4)[C@@]2(O)/C=C/OCC. The molecular formula is C25H36O6. The topological polar surface area (TPSA) is 74.2 Å². The van der Waals surface area contributed by atoms with Gasteiger partial charge >= 0.3 is 5.97 Å². The fraction of sp³-hybridized carbons (Fsp3) is 0.800. The summed E-state index contributed by atoms with van der Waals surface area (Å²) in [6, 6.07) is 0. The predicted octanol–water partition coefficient (Wildman–Crippen LogP) is 3.88. The Kier molecular flexibility index (Phi) is 5.07. The van der Waals surface area contributed by atoms with E-state index in [9.17, 15) is 9.90 Å². The van der Waals surface area contributed by atoms with Gasteiger partial charge in [0.25, 0.3) is 0 Å². The Morgan fingerprint density at radius 1 is 1.26 bits per heavy atom. The van der Waals surface area contributed by atoms with Crippen molar-refractivity contribution in [3.63, 3.8) is 0 Å². The van der Waals surface area contributed by atoms with Crippen molar-refractivity contribution in [2.75, 3.05) is 19.8 Å². The van der Waals surface area contributed by atoms with Crippen LogP contribution in [0, 0.1) is 22.7 Å². The van der Waals surface area contributed by atoms with Crippen molar-refractivity contribution in [2.45, 2.75) is 83.2 Å². The van der Waals surface area contributed by atoms with Gasteiger partial charge in [-0.25, -0.2) is 0 Å². The summed E-state index contributed by atoms with van der Waals surface area (Å²) < 4.78 is 23.6. The quantitative estimate of drug-likeness (QED) is 0.404. The van der Waals surface area contributed by atoms with Crippen LogP contribution >= 0.6 is 0 Å². The Morgan fingerprint density at radius 3 is 2.74 bits per heavy atom. The lowest BCUT2D eigenvalue weighted by Crippen LogP contribution is -2.64. The molecule has 3 aliphatic carbocycles. The smallest absolute Gasteiger partial charge is 0.315 e. The number of carbonyl (C=O) groups is 1. The highest BCUT2D eigenvalue weighted by Crippen LogP contribution is 2.68. The number of fused-ring (bicyclic) bond motifs is 6. The molecular weight excluding hydrogens is 396 g/mol. The van der Waals surface area contributed by atoms with Crippen LogP contribution in [0.15, 0.2) is 24.0 Å². The molecule has 0 radical (unpaired) electrons. The third-order valence-corrected chi connectivity index (χ3v) is 9.01. The monoisotopic (exact) mass is 432 g/mol. The van der Waals surface area contributed by atoms with E-state index in [0.29, 0.717) is 32.7 Å². The molecule has 5 rings (SSSR count). The van der Waals surface area contributed by atoms with Gasteiger partial charge in [-0.15, -0.1) is 0 Å². The molecule has 1 spiro atoms. The van der Waals surface area contributed by atoms with Crippen molar-refractivity contribution in [1.82, 2.24) is 0 Å². The van der Waals surface area contributed by atoms with E-state index in [1.54, 1.807) is 12.3 Å². The summed E-state index contributed by atoms with van der Waals surface area (Å²) in [5, 5.41) is 12.3. The molecule has 0 aromatic carbocycles. The first-order valence-electron chi connectivity index (χ1n) is 12.0. The number of allylic oxidation sites excluding steroid dienone is 1. The van der Waals surface area contributed by atoms with Crippen molar-refractivity contribution in [1.29, 1.82) is 0 Å². The maximum Gasteiger partial charge on any atom is 0.315 e. The van der Waals surface area contributed by atoms with E-state index in [4.69, 9.17) is 18.9 Å². The molecule has 2 bridgehead atoms. The molecule has 172 valence electrons. The Balaban J connectivity index is 1.57. The molecule has 0 unspecified atom stereocenters. The first-order chi connectivity index (χ1) is 14.8. The fourth-order valence-electron chi connectivity index (χ4n) is 7.57. The number of rotatable bonds is 5. The van der Waals surface area contributed by atoms with Crippen LogP contribution in [-0.4, -0.2) is 48.4 Å². The number of carbonyl (C=O) groups excluding carboxylic acids is 1. The van der Waals surface area contributed by atoms with Gasteiger partial charge < -0.3 is 24.1 Å². The molecule has 0 amide bonds. The predicted molar refractivity (Wildman–Crippen MR) is 114 cm³/mol. The summed E-state index contributed by atoms with van der Waals surface area (Å²) in [6.45, 7) is 8.11. The third kappa shape index (κ3) is 2.83. The van der Waals surface area contributed by atoms with Gasteiger partial charge in [-0.2, -0.15) is 0 Å².